The van der Waals surface area contributed by atoms with Gasteiger partial charge in [-0.3, -0.25) is 0 Å². The minimum atomic E-state index is -0.909. The lowest BCUT2D eigenvalue weighted by molar-refractivity contribution is -0.131. The summed E-state index contributed by atoms with van der Waals surface area (Å²) in [7, 11) is 0. The van der Waals surface area contributed by atoms with E-state index in [4.69, 9.17) is 5.11 Å². The fourth-order valence-electron chi connectivity index (χ4n) is 2.89. The lowest BCUT2D eigenvalue weighted by Crippen LogP contribution is -2.33. The Hall–Kier alpha value is -1.77. The van der Waals surface area contributed by atoms with Crippen molar-refractivity contribution in [2.24, 2.45) is 5.92 Å². The van der Waals surface area contributed by atoms with Crippen LogP contribution in [0.2, 0.25) is 0 Å². The van der Waals surface area contributed by atoms with E-state index in [1.165, 1.54) is 36.6 Å². The first-order valence-corrected chi connectivity index (χ1v) is 7.36. The van der Waals surface area contributed by atoms with Crippen molar-refractivity contribution in [1.82, 2.24) is 0 Å². The number of aryl methyl sites for hydroxylation is 1. The van der Waals surface area contributed by atoms with Gasteiger partial charge in [0.25, 0.3) is 0 Å². The van der Waals surface area contributed by atoms with E-state index in [0.29, 0.717) is 0 Å². The summed E-state index contributed by atoms with van der Waals surface area (Å²) in [6.07, 6.45) is 6.66. The van der Waals surface area contributed by atoms with E-state index in [1.54, 1.807) is 6.08 Å². The van der Waals surface area contributed by atoms with Gasteiger partial charge in [0.1, 0.15) is 0 Å². The van der Waals surface area contributed by atoms with Gasteiger partial charge in [-0.2, -0.15) is 0 Å². The molecule has 108 valence electrons. The van der Waals surface area contributed by atoms with Crippen molar-refractivity contribution >= 4 is 17.7 Å². The van der Waals surface area contributed by atoms with Gasteiger partial charge in [-0.1, -0.05) is 19.4 Å². The van der Waals surface area contributed by atoms with Crippen LogP contribution in [0.25, 0.3) is 6.08 Å². The fourth-order valence-corrected chi connectivity index (χ4v) is 2.89. The second-order valence-corrected chi connectivity index (χ2v) is 5.56. The Morgan fingerprint density at radius 2 is 2.10 bits per heavy atom. The Labute approximate surface area is 120 Å². The summed E-state index contributed by atoms with van der Waals surface area (Å²) in [4.78, 5) is 13.0. The molecule has 1 fully saturated rings. The first kappa shape index (κ1) is 14.6. The van der Waals surface area contributed by atoms with Crippen LogP contribution in [0.3, 0.4) is 0 Å². The van der Waals surface area contributed by atoms with Crippen molar-refractivity contribution in [1.29, 1.82) is 0 Å². The fraction of sp³-hybridized carbons (Fsp3) is 0.471. The third-order valence-electron chi connectivity index (χ3n) is 4.17. The zero-order chi connectivity index (χ0) is 14.5. The van der Waals surface area contributed by atoms with Gasteiger partial charge >= 0.3 is 5.97 Å². The molecule has 0 atom stereocenters. The quantitative estimate of drug-likeness (QED) is 0.850. The van der Waals surface area contributed by atoms with E-state index in [2.05, 4.69) is 30.9 Å². The summed E-state index contributed by atoms with van der Waals surface area (Å²) < 4.78 is 0. The van der Waals surface area contributed by atoms with Crippen molar-refractivity contribution in [2.75, 3.05) is 18.0 Å². The number of carboxylic acids is 1. The molecule has 0 aliphatic carbocycles. The lowest BCUT2D eigenvalue weighted by atomic mass is 9.93. The van der Waals surface area contributed by atoms with Crippen LogP contribution in [0, 0.1) is 12.8 Å². The molecule has 0 radical (unpaired) electrons. The van der Waals surface area contributed by atoms with Gasteiger partial charge in [-0.15, -0.1) is 0 Å². The molecule has 3 nitrogen and oxygen atoms in total. The molecule has 1 aromatic carbocycles. The highest BCUT2D eigenvalue weighted by Gasteiger charge is 2.18. The molecule has 20 heavy (non-hydrogen) atoms. The minimum Gasteiger partial charge on any atom is -0.478 e. The van der Waals surface area contributed by atoms with Crippen LogP contribution in [-0.2, 0) is 4.79 Å². The highest BCUT2D eigenvalue weighted by molar-refractivity contribution is 5.85. The molecule has 3 heteroatoms. The molecular formula is C17H23NO2. The van der Waals surface area contributed by atoms with Gasteiger partial charge in [-0.05, 0) is 55.0 Å². The normalized spacial score (nSPS) is 16.8. The first-order valence-electron chi connectivity index (χ1n) is 7.36. The maximum Gasteiger partial charge on any atom is 0.328 e. The monoisotopic (exact) mass is 273 g/mol. The summed E-state index contributed by atoms with van der Waals surface area (Å²) in [6.45, 7) is 6.63. The maximum absolute atomic E-state index is 10.5. The highest BCUT2D eigenvalue weighted by Crippen LogP contribution is 2.28. The molecule has 0 aromatic heterocycles. The number of rotatable bonds is 4. The Balaban J connectivity index is 2.08. The molecule has 0 amide bonds. The minimum absolute atomic E-state index is 0.879. The summed E-state index contributed by atoms with van der Waals surface area (Å²) in [5.74, 6) is -0.0299. The van der Waals surface area contributed by atoms with Crippen molar-refractivity contribution in [3.63, 3.8) is 0 Å². The van der Waals surface area contributed by atoms with Gasteiger partial charge in [0, 0.05) is 24.9 Å². The number of nitrogens with zero attached hydrogens (tertiary/aromatic N) is 1. The van der Waals surface area contributed by atoms with Crippen molar-refractivity contribution in [3.8, 4) is 0 Å². The smallest absolute Gasteiger partial charge is 0.328 e. The molecular weight excluding hydrogens is 250 g/mol. The molecule has 1 aliphatic rings. The van der Waals surface area contributed by atoms with Crippen molar-refractivity contribution in [3.05, 3.63) is 35.4 Å². The standard InChI is InChI=1S/C17H23NO2/c1-3-14-8-10-18(11-9-14)16-6-4-15(12-13(16)2)5-7-17(19)20/h4-7,12,14H,3,8-11H2,1-2H3,(H,19,20). The average Bonchev–Trinajstić information content (AvgIpc) is 2.45. The largest absolute Gasteiger partial charge is 0.478 e. The Morgan fingerprint density at radius 3 is 2.65 bits per heavy atom. The molecule has 2 rings (SSSR count). The van der Waals surface area contributed by atoms with Crippen molar-refractivity contribution in [2.45, 2.75) is 33.1 Å². The van der Waals surface area contributed by atoms with Crippen molar-refractivity contribution < 1.29 is 9.90 Å². The molecule has 0 bridgehead atoms. The Bertz CT molecular complexity index is 500. The van der Waals surface area contributed by atoms with Crippen LogP contribution >= 0.6 is 0 Å². The van der Waals surface area contributed by atoms with E-state index in [1.807, 2.05) is 6.07 Å². The van der Waals surface area contributed by atoms with Crippen LogP contribution in [-0.4, -0.2) is 24.2 Å². The van der Waals surface area contributed by atoms with Gasteiger partial charge in [0.05, 0.1) is 0 Å². The van der Waals surface area contributed by atoms with Crippen LogP contribution in [0.4, 0.5) is 5.69 Å². The second-order valence-electron chi connectivity index (χ2n) is 5.56. The third kappa shape index (κ3) is 3.62. The predicted molar refractivity (Wildman–Crippen MR) is 83.1 cm³/mol. The molecule has 0 unspecified atom stereocenters. The first-order chi connectivity index (χ1) is 9.60. The summed E-state index contributed by atoms with van der Waals surface area (Å²) in [6, 6.07) is 6.16. The second kappa shape index (κ2) is 6.60. The van der Waals surface area contributed by atoms with E-state index in [9.17, 15) is 4.79 Å². The van der Waals surface area contributed by atoms with Gasteiger partial charge in [0.15, 0.2) is 0 Å². The molecule has 1 N–H and O–H groups in total. The van der Waals surface area contributed by atoms with E-state index in [0.717, 1.165) is 24.6 Å². The average molecular weight is 273 g/mol. The molecule has 0 saturated carbocycles. The zero-order valence-corrected chi connectivity index (χ0v) is 12.3. The summed E-state index contributed by atoms with van der Waals surface area (Å²) in [5, 5.41) is 8.66. The van der Waals surface area contributed by atoms with E-state index in [-0.39, 0.29) is 0 Å². The van der Waals surface area contributed by atoms with Crippen LogP contribution in [0.5, 0.6) is 0 Å². The summed E-state index contributed by atoms with van der Waals surface area (Å²) >= 11 is 0. The number of hydrogen-bond donors (Lipinski definition) is 1. The number of carbonyl (C=O) groups is 1. The van der Waals surface area contributed by atoms with Crippen LogP contribution in [0.15, 0.2) is 24.3 Å². The van der Waals surface area contributed by atoms with Crippen LogP contribution < -0.4 is 4.90 Å². The molecule has 1 saturated heterocycles. The topological polar surface area (TPSA) is 40.5 Å². The Kier molecular flexibility index (Phi) is 4.83. The van der Waals surface area contributed by atoms with E-state index < -0.39 is 5.97 Å². The van der Waals surface area contributed by atoms with Gasteiger partial charge in [-0.25, -0.2) is 4.79 Å². The summed E-state index contributed by atoms with van der Waals surface area (Å²) in [5.41, 5.74) is 3.44. The zero-order valence-electron chi connectivity index (χ0n) is 12.3. The lowest BCUT2D eigenvalue weighted by Gasteiger charge is -2.34. The molecule has 1 aromatic rings. The molecule has 1 aliphatic heterocycles. The van der Waals surface area contributed by atoms with Gasteiger partial charge < -0.3 is 10.0 Å². The Morgan fingerprint density at radius 1 is 1.40 bits per heavy atom. The SMILES string of the molecule is CCC1CCN(c2ccc(C=CC(=O)O)cc2C)CC1. The number of benzene rings is 1. The molecule has 1 heterocycles. The number of anilines is 1. The number of carboxylic acid groups (broad SMARTS) is 1. The van der Waals surface area contributed by atoms with Crippen LogP contribution in [0.1, 0.15) is 37.3 Å². The number of hydrogen-bond acceptors (Lipinski definition) is 2. The predicted octanol–water partition coefficient (Wildman–Crippen LogP) is 3.72. The highest BCUT2D eigenvalue weighted by atomic mass is 16.4. The maximum atomic E-state index is 10.5. The van der Waals surface area contributed by atoms with E-state index >= 15 is 0 Å². The molecule has 0 spiro atoms. The third-order valence-corrected chi connectivity index (χ3v) is 4.17. The number of piperidine rings is 1. The van der Waals surface area contributed by atoms with Gasteiger partial charge in [0.2, 0.25) is 0 Å². The number of aliphatic carboxylic acids is 1.